The summed E-state index contributed by atoms with van der Waals surface area (Å²) in [6.45, 7) is 5.17. The fourth-order valence-corrected chi connectivity index (χ4v) is 6.17. The minimum atomic E-state index is -0.994. The smallest absolute Gasteiger partial charge is 0.350 e. The van der Waals surface area contributed by atoms with Crippen molar-refractivity contribution in [1.29, 1.82) is 0 Å². The number of fused-ring (bicyclic) bond motifs is 1. The van der Waals surface area contributed by atoms with Crippen molar-refractivity contribution in [3.05, 3.63) is 67.4 Å². The van der Waals surface area contributed by atoms with Gasteiger partial charge in [-0.1, -0.05) is 46.7 Å². The number of H-pyrrole nitrogens is 1. The first-order chi connectivity index (χ1) is 17.7. The number of benzene rings is 1. The number of aromatic nitrogens is 2. The number of piperidine rings is 1. The summed E-state index contributed by atoms with van der Waals surface area (Å²) in [6, 6.07) is 6.56. The number of carboxylic acids is 1. The fourth-order valence-electron chi connectivity index (χ4n) is 4.76. The van der Waals surface area contributed by atoms with E-state index in [1.54, 1.807) is 26.0 Å². The van der Waals surface area contributed by atoms with Gasteiger partial charge in [0, 0.05) is 43.1 Å². The zero-order valence-corrected chi connectivity index (χ0v) is 22.3. The molecule has 1 amide bonds. The van der Waals surface area contributed by atoms with E-state index in [-0.39, 0.29) is 46.7 Å². The number of aryl methyl sites for hydroxylation is 1. The topological polar surface area (TPSA) is 125 Å². The Morgan fingerprint density at radius 2 is 1.86 bits per heavy atom. The Morgan fingerprint density at radius 3 is 2.43 bits per heavy atom. The molecule has 3 N–H and O–H groups in total. The van der Waals surface area contributed by atoms with Crippen LogP contribution in [0.4, 0.5) is 5.13 Å². The summed E-state index contributed by atoms with van der Waals surface area (Å²) >= 11 is 13.6. The van der Waals surface area contributed by atoms with Crippen LogP contribution < -0.4 is 10.2 Å². The first-order valence-electron chi connectivity index (χ1n) is 11.8. The van der Waals surface area contributed by atoms with Gasteiger partial charge in [0.1, 0.15) is 10.6 Å². The lowest BCUT2D eigenvalue weighted by Crippen LogP contribution is -2.34. The number of carbonyl (C=O) groups is 3. The number of hydrogen-bond acceptors (Lipinski definition) is 7. The third kappa shape index (κ3) is 4.93. The monoisotopic (exact) mass is 562 g/mol. The summed E-state index contributed by atoms with van der Waals surface area (Å²) in [5.41, 5.74) is 2.56. The number of carboxylic acid groups (broad SMARTS) is 1. The summed E-state index contributed by atoms with van der Waals surface area (Å²) in [4.78, 5) is 46.7. The van der Waals surface area contributed by atoms with Crippen molar-refractivity contribution in [2.24, 2.45) is 11.8 Å². The number of esters is 1. The molecule has 37 heavy (non-hydrogen) atoms. The first-order valence-corrected chi connectivity index (χ1v) is 13.3. The third-order valence-corrected chi connectivity index (χ3v) is 8.85. The lowest BCUT2D eigenvalue weighted by molar-refractivity contribution is 0.0530. The Balaban J connectivity index is 1.27. The van der Waals surface area contributed by atoms with E-state index in [1.807, 2.05) is 0 Å². The molecular formula is C25H24Cl2N4O5S. The van der Waals surface area contributed by atoms with E-state index in [0.29, 0.717) is 40.8 Å². The van der Waals surface area contributed by atoms with Crippen molar-refractivity contribution in [3.8, 4) is 0 Å². The number of anilines is 1. The first kappa shape index (κ1) is 25.6. The van der Waals surface area contributed by atoms with Crippen LogP contribution in [0.3, 0.4) is 0 Å². The van der Waals surface area contributed by atoms with Crippen LogP contribution in [-0.2, 0) is 11.2 Å². The predicted octanol–water partition coefficient (Wildman–Crippen LogP) is 4.42. The van der Waals surface area contributed by atoms with Crippen LogP contribution in [0.25, 0.3) is 0 Å². The van der Waals surface area contributed by atoms with Crippen molar-refractivity contribution in [2.45, 2.75) is 26.3 Å². The minimum absolute atomic E-state index is 0.0407. The third-order valence-electron chi connectivity index (χ3n) is 6.76. The fraction of sp³-hybridized carbons (Fsp3) is 0.360. The number of thiazole rings is 1. The second-order valence-electron chi connectivity index (χ2n) is 9.16. The van der Waals surface area contributed by atoms with Crippen LogP contribution in [-0.4, -0.2) is 58.7 Å². The maximum absolute atomic E-state index is 12.7. The number of rotatable bonds is 8. The average Bonchev–Trinajstić information content (AvgIpc) is 3.22. The second-order valence-corrected chi connectivity index (χ2v) is 10.9. The molecule has 2 fully saturated rings. The molecule has 1 aliphatic carbocycles. The van der Waals surface area contributed by atoms with Gasteiger partial charge in [-0.25, -0.2) is 14.6 Å². The molecule has 5 rings (SSSR count). The highest BCUT2D eigenvalue weighted by molar-refractivity contribution is 7.17. The Bertz CT molecular complexity index is 1370. The molecule has 3 heterocycles. The molecule has 2 aromatic heterocycles. The Kier molecular flexibility index (Phi) is 6.91. The molecule has 2 aliphatic rings. The van der Waals surface area contributed by atoms with Gasteiger partial charge in [0.2, 0.25) is 0 Å². The van der Waals surface area contributed by atoms with E-state index in [2.05, 4.69) is 15.2 Å². The van der Waals surface area contributed by atoms with Crippen LogP contribution in [0, 0.1) is 18.8 Å². The normalized spacial score (nSPS) is 20.0. The van der Waals surface area contributed by atoms with Gasteiger partial charge in [0.05, 0.1) is 27.9 Å². The standard InChI is InChI=1S/C25H24Cl2N4O5S/c1-3-36-24(35)21-16(8-12-4-6-13(7-5-12)23(33)34)29-25(37-21)31-9-14-15(10-31)19(14)30-22(32)20-18(27)17(26)11(2)28-20/h4-7,14-15,19,28H,3,8-10H2,1-2H3,(H,30,32)(H,33,34)/t14-,15+,19-. The van der Waals surface area contributed by atoms with Gasteiger partial charge >= 0.3 is 11.9 Å². The number of aromatic carboxylic acids is 1. The van der Waals surface area contributed by atoms with E-state index >= 15 is 0 Å². The summed E-state index contributed by atoms with van der Waals surface area (Å²) in [7, 11) is 0. The molecule has 9 nitrogen and oxygen atoms in total. The summed E-state index contributed by atoms with van der Waals surface area (Å²) in [5.74, 6) is -1.14. The number of carbonyl (C=O) groups excluding carboxylic acids is 2. The molecular weight excluding hydrogens is 539 g/mol. The van der Waals surface area contributed by atoms with Gasteiger partial charge in [0.15, 0.2) is 5.13 Å². The van der Waals surface area contributed by atoms with Gasteiger partial charge < -0.3 is 25.0 Å². The molecule has 1 saturated carbocycles. The van der Waals surface area contributed by atoms with Crippen molar-refractivity contribution < 1.29 is 24.2 Å². The molecule has 1 saturated heterocycles. The molecule has 1 aliphatic heterocycles. The number of nitrogens with zero attached hydrogens (tertiary/aromatic N) is 2. The maximum atomic E-state index is 12.7. The van der Waals surface area contributed by atoms with Crippen molar-refractivity contribution in [3.63, 3.8) is 0 Å². The molecule has 0 radical (unpaired) electrons. The summed E-state index contributed by atoms with van der Waals surface area (Å²) in [6.07, 6.45) is 0.378. The largest absolute Gasteiger partial charge is 0.478 e. The average molecular weight is 563 g/mol. The predicted molar refractivity (Wildman–Crippen MR) is 140 cm³/mol. The number of halogens is 2. The van der Waals surface area contributed by atoms with Crippen LogP contribution in [0.15, 0.2) is 24.3 Å². The zero-order valence-electron chi connectivity index (χ0n) is 20.0. The van der Waals surface area contributed by atoms with Gasteiger partial charge in [-0.15, -0.1) is 0 Å². The van der Waals surface area contributed by atoms with E-state index in [4.69, 9.17) is 38.0 Å². The van der Waals surface area contributed by atoms with Crippen molar-refractivity contribution >= 4 is 57.5 Å². The molecule has 0 spiro atoms. The molecule has 194 valence electrons. The quantitative estimate of drug-likeness (QED) is 0.347. The molecule has 1 aromatic carbocycles. The Morgan fingerprint density at radius 1 is 1.19 bits per heavy atom. The van der Waals surface area contributed by atoms with E-state index < -0.39 is 11.9 Å². The maximum Gasteiger partial charge on any atom is 0.350 e. The lowest BCUT2D eigenvalue weighted by atomic mass is 10.1. The van der Waals surface area contributed by atoms with Gasteiger partial charge in [0.25, 0.3) is 5.91 Å². The highest BCUT2D eigenvalue weighted by atomic mass is 35.5. The number of aromatic amines is 1. The highest BCUT2D eigenvalue weighted by Gasteiger charge is 2.57. The van der Waals surface area contributed by atoms with Crippen LogP contribution in [0.5, 0.6) is 0 Å². The van der Waals surface area contributed by atoms with Crippen LogP contribution in [0.1, 0.15) is 54.4 Å². The Labute approximate surface area is 226 Å². The molecule has 0 bridgehead atoms. The van der Waals surface area contributed by atoms with Crippen LogP contribution >= 0.6 is 34.5 Å². The zero-order chi connectivity index (χ0) is 26.4. The molecule has 0 unspecified atom stereocenters. The van der Waals surface area contributed by atoms with Gasteiger partial charge in [-0.2, -0.15) is 0 Å². The van der Waals surface area contributed by atoms with Crippen LogP contribution in [0.2, 0.25) is 10.0 Å². The van der Waals surface area contributed by atoms with E-state index in [0.717, 1.165) is 10.7 Å². The highest BCUT2D eigenvalue weighted by Crippen LogP contribution is 2.48. The van der Waals surface area contributed by atoms with Gasteiger partial charge in [-0.3, -0.25) is 4.79 Å². The molecule has 12 heteroatoms. The minimum Gasteiger partial charge on any atom is -0.478 e. The number of nitrogens with one attached hydrogen (secondary N) is 2. The van der Waals surface area contributed by atoms with Crippen molar-refractivity contribution in [1.82, 2.24) is 15.3 Å². The number of hydrogen-bond donors (Lipinski definition) is 3. The lowest BCUT2D eigenvalue weighted by Gasteiger charge is -2.19. The van der Waals surface area contributed by atoms with Crippen molar-refractivity contribution in [2.75, 3.05) is 24.6 Å². The summed E-state index contributed by atoms with van der Waals surface area (Å²) < 4.78 is 5.25. The summed E-state index contributed by atoms with van der Waals surface area (Å²) in [5, 5.41) is 13.5. The second kappa shape index (κ2) is 10.00. The Hall–Kier alpha value is -3.08. The molecule has 3 atom stereocenters. The number of ether oxygens (including phenoxy) is 1. The van der Waals surface area contributed by atoms with E-state index in [9.17, 15) is 14.4 Å². The van der Waals surface area contributed by atoms with Gasteiger partial charge in [-0.05, 0) is 31.5 Å². The number of amides is 1. The SMILES string of the molecule is CCOC(=O)c1sc(N2C[C@@H]3[C@H](C2)[C@@H]3NC(=O)c2[nH]c(C)c(Cl)c2Cl)nc1Cc1ccc(C(=O)O)cc1. The van der Waals surface area contributed by atoms with E-state index in [1.165, 1.54) is 23.5 Å². The molecule has 3 aromatic rings.